The summed E-state index contributed by atoms with van der Waals surface area (Å²) in [4.78, 5) is 0. The maximum Gasteiger partial charge on any atom is 0.141 e. The van der Waals surface area contributed by atoms with Gasteiger partial charge in [-0.1, -0.05) is 11.6 Å². The lowest BCUT2D eigenvalue weighted by atomic mass is 10.2. The normalized spacial score (nSPS) is 21.1. The second kappa shape index (κ2) is 4.15. The Morgan fingerprint density at radius 3 is 3.00 bits per heavy atom. The number of benzene rings is 1. The average Bonchev–Trinajstić information content (AvgIpc) is 2.64. The summed E-state index contributed by atoms with van der Waals surface area (Å²) >= 11 is 5.67. The molecule has 1 atom stereocenters. The highest BCUT2D eigenvalue weighted by Gasteiger charge is 2.13. The van der Waals surface area contributed by atoms with E-state index in [1.165, 1.54) is 6.07 Å². The van der Waals surface area contributed by atoms with E-state index in [2.05, 4.69) is 10.6 Å². The van der Waals surface area contributed by atoms with E-state index in [0.29, 0.717) is 6.04 Å². The smallest absolute Gasteiger partial charge is 0.141 e. The van der Waals surface area contributed by atoms with Crippen molar-refractivity contribution in [2.45, 2.75) is 12.5 Å². The molecular weight excluding hydrogens is 203 g/mol. The number of hydrogen-bond acceptors (Lipinski definition) is 2. The third-order valence-corrected chi connectivity index (χ3v) is 2.64. The molecule has 0 aliphatic carbocycles. The molecule has 76 valence electrons. The highest BCUT2D eigenvalue weighted by molar-refractivity contribution is 6.31. The highest BCUT2D eigenvalue weighted by atomic mass is 35.5. The van der Waals surface area contributed by atoms with Crippen LogP contribution in [0, 0.1) is 5.82 Å². The lowest BCUT2D eigenvalue weighted by Gasteiger charge is -2.12. The number of anilines is 1. The van der Waals surface area contributed by atoms with Crippen molar-refractivity contribution < 1.29 is 4.39 Å². The molecule has 0 bridgehead atoms. The van der Waals surface area contributed by atoms with Gasteiger partial charge in [-0.15, -0.1) is 0 Å². The molecule has 4 heteroatoms. The molecule has 2 nitrogen and oxygen atoms in total. The Balaban J connectivity index is 2.05. The fourth-order valence-corrected chi connectivity index (χ4v) is 1.78. The van der Waals surface area contributed by atoms with Crippen LogP contribution in [0.2, 0.25) is 5.02 Å². The standard InChI is InChI=1S/C10H12ClFN2/c11-9-5-7(1-2-10(9)12)14-8-3-4-13-6-8/h1-2,5,8,13-14H,3-4,6H2/t8-/m0/s1. The van der Waals surface area contributed by atoms with Crippen LogP contribution in [0.5, 0.6) is 0 Å². The molecular formula is C10H12ClFN2. The SMILES string of the molecule is Fc1ccc(N[C@H]2CCNC2)cc1Cl. The monoisotopic (exact) mass is 214 g/mol. The number of rotatable bonds is 2. The van der Waals surface area contributed by atoms with Crippen molar-refractivity contribution in [3.8, 4) is 0 Å². The molecule has 0 aromatic heterocycles. The van der Waals surface area contributed by atoms with Crippen molar-refractivity contribution >= 4 is 17.3 Å². The first-order valence-electron chi connectivity index (χ1n) is 4.68. The molecule has 1 aliphatic rings. The van der Waals surface area contributed by atoms with Crippen molar-refractivity contribution in [2.75, 3.05) is 18.4 Å². The molecule has 1 fully saturated rings. The van der Waals surface area contributed by atoms with Gasteiger partial charge >= 0.3 is 0 Å². The topological polar surface area (TPSA) is 24.1 Å². The van der Waals surface area contributed by atoms with E-state index in [0.717, 1.165) is 25.2 Å². The lowest BCUT2D eigenvalue weighted by molar-refractivity contribution is 0.628. The third kappa shape index (κ3) is 2.16. The van der Waals surface area contributed by atoms with Crippen LogP contribution in [0.1, 0.15) is 6.42 Å². The van der Waals surface area contributed by atoms with Crippen LogP contribution in [-0.2, 0) is 0 Å². The summed E-state index contributed by atoms with van der Waals surface area (Å²) in [5, 5.41) is 6.71. The van der Waals surface area contributed by atoms with Crippen molar-refractivity contribution in [3.63, 3.8) is 0 Å². The van der Waals surface area contributed by atoms with Crippen molar-refractivity contribution in [1.29, 1.82) is 0 Å². The van der Waals surface area contributed by atoms with E-state index >= 15 is 0 Å². The second-order valence-corrected chi connectivity index (χ2v) is 3.87. The van der Waals surface area contributed by atoms with Crippen molar-refractivity contribution in [3.05, 3.63) is 29.0 Å². The minimum Gasteiger partial charge on any atom is -0.381 e. The molecule has 0 spiro atoms. The van der Waals surface area contributed by atoms with E-state index < -0.39 is 0 Å². The van der Waals surface area contributed by atoms with Gasteiger partial charge in [0.05, 0.1) is 5.02 Å². The first-order chi connectivity index (χ1) is 6.75. The first kappa shape index (κ1) is 9.74. The fraction of sp³-hybridized carbons (Fsp3) is 0.400. The molecule has 0 unspecified atom stereocenters. The molecule has 1 aromatic rings. The summed E-state index contributed by atoms with van der Waals surface area (Å²) in [5.74, 6) is -0.373. The molecule has 1 aromatic carbocycles. The van der Waals surface area contributed by atoms with Gasteiger partial charge < -0.3 is 10.6 Å². The number of hydrogen-bond donors (Lipinski definition) is 2. The van der Waals surface area contributed by atoms with Crippen molar-refractivity contribution in [2.24, 2.45) is 0 Å². The average molecular weight is 215 g/mol. The van der Waals surface area contributed by atoms with Gasteiger partial charge in [0.2, 0.25) is 0 Å². The van der Waals surface area contributed by atoms with Gasteiger partial charge in [0, 0.05) is 18.3 Å². The summed E-state index contributed by atoms with van der Waals surface area (Å²) in [6, 6.07) is 5.14. The maximum atomic E-state index is 12.8. The summed E-state index contributed by atoms with van der Waals surface area (Å²) in [6.45, 7) is 1.99. The molecule has 2 N–H and O–H groups in total. The molecule has 0 saturated carbocycles. The number of nitrogens with one attached hydrogen (secondary N) is 2. The van der Waals surface area contributed by atoms with Gasteiger partial charge in [-0.2, -0.15) is 0 Å². The zero-order chi connectivity index (χ0) is 9.97. The zero-order valence-electron chi connectivity index (χ0n) is 7.69. The highest BCUT2D eigenvalue weighted by Crippen LogP contribution is 2.20. The van der Waals surface area contributed by atoms with Gasteiger partial charge in [-0.25, -0.2) is 4.39 Å². The largest absolute Gasteiger partial charge is 0.381 e. The number of halogens is 2. The van der Waals surface area contributed by atoms with Crippen LogP contribution >= 0.6 is 11.6 Å². The molecule has 0 radical (unpaired) electrons. The molecule has 1 aliphatic heterocycles. The Morgan fingerprint density at radius 2 is 2.36 bits per heavy atom. The Hall–Kier alpha value is -0.800. The quantitative estimate of drug-likeness (QED) is 0.789. The van der Waals surface area contributed by atoms with Gasteiger partial charge in [0.25, 0.3) is 0 Å². The van der Waals surface area contributed by atoms with E-state index in [1.54, 1.807) is 12.1 Å². The van der Waals surface area contributed by atoms with Gasteiger partial charge in [-0.3, -0.25) is 0 Å². The molecule has 14 heavy (non-hydrogen) atoms. The lowest BCUT2D eigenvalue weighted by Crippen LogP contribution is -2.21. The van der Waals surface area contributed by atoms with E-state index in [-0.39, 0.29) is 10.8 Å². The van der Waals surface area contributed by atoms with Crippen LogP contribution in [0.4, 0.5) is 10.1 Å². The Kier molecular flexibility index (Phi) is 2.89. The molecule has 1 heterocycles. The molecule has 0 amide bonds. The van der Waals surface area contributed by atoms with Crippen LogP contribution < -0.4 is 10.6 Å². The summed E-state index contributed by atoms with van der Waals surface area (Å²) in [7, 11) is 0. The third-order valence-electron chi connectivity index (χ3n) is 2.35. The van der Waals surface area contributed by atoms with Crippen LogP contribution in [0.25, 0.3) is 0 Å². The maximum absolute atomic E-state index is 12.8. The Bertz CT molecular complexity index is 324. The van der Waals surface area contributed by atoms with Gasteiger partial charge in [0.1, 0.15) is 5.82 Å². The van der Waals surface area contributed by atoms with E-state index in [4.69, 9.17) is 11.6 Å². The fourth-order valence-electron chi connectivity index (χ4n) is 1.60. The summed E-state index contributed by atoms with van der Waals surface area (Å²) in [5.41, 5.74) is 0.880. The second-order valence-electron chi connectivity index (χ2n) is 3.46. The minimum absolute atomic E-state index is 0.168. The van der Waals surface area contributed by atoms with E-state index in [1.807, 2.05) is 0 Å². The predicted molar refractivity (Wildman–Crippen MR) is 56.3 cm³/mol. The summed E-state index contributed by atoms with van der Waals surface area (Å²) in [6.07, 6.45) is 1.09. The molecule has 2 rings (SSSR count). The zero-order valence-corrected chi connectivity index (χ0v) is 8.44. The van der Waals surface area contributed by atoms with Crippen molar-refractivity contribution in [1.82, 2.24) is 5.32 Å². The first-order valence-corrected chi connectivity index (χ1v) is 5.06. The van der Waals surface area contributed by atoms with Gasteiger partial charge in [0.15, 0.2) is 0 Å². The van der Waals surface area contributed by atoms with Gasteiger partial charge in [-0.05, 0) is 31.2 Å². The minimum atomic E-state index is -0.373. The predicted octanol–water partition coefficient (Wildman–Crippen LogP) is 2.25. The van der Waals surface area contributed by atoms with Crippen LogP contribution in [0.15, 0.2) is 18.2 Å². The van der Waals surface area contributed by atoms with E-state index in [9.17, 15) is 4.39 Å². The molecule has 1 saturated heterocycles. The Labute approximate surface area is 87.5 Å². The Morgan fingerprint density at radius 1 is 1.50 bits per heavy atom. The van der Waals surface area contributed by atoms with Crippen LogP contribution in [-0.4, -0.2) is 19.1 Å². The van der Waals surface area contributed by atoms with Crippen LogP contribution in [0.3, 0.4) is 0 Å². The summed E-state index contributed by atoms with van der Waals surface area (Å²) < 4.78 is 12.8.